The second-order valence-electron chi connectivity index (χ2n) is 3.15. The number of esters is 1. The highest BCUT2D eigenvalue weighted by Gasteiger charge is 2.18. The summed E-state index contributed by atoms with van der Waals surface area (Å²) in [6, 6.07) is 4.19. The maximum atomic E-state index is 12.1. The van der Waals surface area contributed by atoms with Crippen LogP contribution in [0.4, 0.5) is 8.78 Å². The molecule has 0 aliphatic rings. The highest BCUT2D eigenvalue weighted by atomic mass is 19.3. The molecule has 0 spiro atoms. The Labute approximate surface area is 96.4 Å². The van der Waals surface area contributed by atoms with Crippen LogP contribution in [-0.4, -0.2) is 19.7 Å². The van der Waals surface area contributed by atoms with Crippen LogP contribution in [0.2, 0.25) is 0 Å². The normalized spacial score (nSPS) is 9.88. The van der Waals surface area contributed by atoms with Gasteiger partial charge in [-0.3, -0.25) is 0 Å². The summed E-state index contributed by atoms with van der Waals surface area (Å²) in [5.41, 5.74) is 0.507. The molecule has 0 aliphatic heterocycles. The van der Waals surface area contributed by atoms with Crippen molar-refractivity contribution in [2.75, 3.05) is 7.11 Å². The van der Waals surface area contributed by atoms with Crippen LogP contribution in [0.3, 0.4) is 0 Å². The molecule has 0 aromatic heterocycles. The molecule has 17 heavy (non-hydrogen) atoms. The number of methoxy groups -OCH3 is 1. The Balaban J connectivity index is 3.31. The third kappa shape index (κ3) is 2.91. The molecule has 90 valence electrons. The van der Waals surface area contributed by atoms with Crippen LogP contribution in [0, 0.1) is 18.3 Å². The molecular weight excluding hydrogens is 232 g/mol. The molecule has 0 saturated heterocycles. The van der Waals surface area contributed by atoms with Crippen LogP contribution in [-0.2, 0) is 4.74 Å². The molecular formula is C11H9F2NO3. The molecule has 1 aromatic rings. The average molecular weight is 241 g/mol. The minimum atomic E-state index is -3.08. The Kier molecular flexibility index (Phi) is 3.99. The van der Waals surface area contributed by atoms with Gasteiger partial charge in [0.2, 0.25) is 0 Å². The van der Waals surface area contributed by atoms with Crippen molar-refractivity contribution in [3.8, 4) is 11.8 Å². The van der Waals surface area contributed by atoms with Gasteiger partial charge in [-0.05, 0) is 24.6 Å². The van der Waals surface area contributed by atoms with Gasteiger partial charge in [0.1, 0.15) is 11.3 Å². The van der Waals surface area contributed by atoms with E-state index in [1.54, 1.807) is 6.92 Å². The highest BCUT2D eigenvalue weighted by Crippen LogP contribution is 2.25. The van der Waals surface area contributed by atoms with Crippen molar-refractivity contribution < 1.29 is 23.0 Å². The number of aryl methyl sites for hydroxylation is 1. The molecule has 0 N–H and O–H groups in total. The molecule has 0 saturated carbocycles. The zero-order valence-corrected chi connectivity index (χ0v) is 9.16. The van der Waals surface area contributed by atoms with Crippen molar-refractivity contribution in [1.82, 2.24) is 0 Å². The number of carbonyl (C=O) groups excluding carboxylic acids is 1. The molecule has 0 radical (unpaired) electrons. The van der Waals surface area contributed by atoms with Gasteiger partial charge in [-0.1, -0.05) is 0 Å². The van der Waals surface area contributed by atoms with Crippen LogP contribution in [0.15, 0.2) is 12.1 Å². The summed E-state index contributed by atoms with van der Waals surface area (Å²) in [7, 11) is 1.13. The van der Waals surface area contributed by atoms with E-state index < -0.39 is 12.6 Å². The van der Waals surface area contributed by atoms with Crippen LogP contribution in [0.1, 0.15) is 21.5 Å². The summed E-state index contributed by atoms with van der Waals surface area (Å²) in [6.45, 7) is -1.50. The number of carbonyl (C=O) groups is 1. The Morgan fingerprint density at radius 1 is 1.47 bits per heavy atom. The maximum Gasteiger partial charge on any atom is 0.387 e. The van der Waals surface area contributed by atoms with Gasteiger partial charge in [-0.15, -0.1) is 0 Å². The third-order valence-corrected chi connectivity index (χ3v) is 2.07. The fourth-order valence-electron chi connectivity index (χ4n) is 1.27. The molecule has 1 aromatic carbocycles. The van der Waals surface area contributed by atoms with Gasteiger partial charge in [0, 0.05) is 0 Å². The average Bonchev–Trinajstić information content (AvgIpc) is 2.29. The van der Waals surface area contributed by atoms with Gasteiger partial charge in [0.25, 0.3) is 0 Å². The lowest BCUT2D eigenvalue weighted by molar-refractivity contribution is -0.0504. The molecule has 0 amide bonds. The first-order valence-corrected chi connectivity index (χ1v) is 4.57. The highest BCUT2D eigenvalue weighted by molar-refractivity contribution is 5.93. The van der Waals surface area contributed by atoms with Crippen molar-refractivity contribution in [2.45, 2.75) is 13.5 Å². The van der Waals surface area contributed by atoms with E-state index >= 15 is 0 Å². The standard InChI is InChI=1S/C11H9F2NO3/c1-6-3-8(10(15)16-2)9(17-11(12)13)4-7(6)5-14/h3-4,11H,1-2H3. The third-order valence-electron chi connectivity index (χ3n) is 2.07. The summed E-state index contributed by atoms with van der Waals surface area (Å²) in [5, 5.41) is 8.75. The van der Waals surface area contributed by atoms with E-state index in [0.29, 0.717) is 5.56 Å². The molecule has 6 heteroatoms. The molecule has 0 heterocycles. The first-order valence-electron chi connectivity index (χ1n) is 4.57. The van der Waals surface area contributed by atoms with Crippen LogP contribution >= 0.6 is 0 Å². The van der Waals surface area contributed by atoms with E-state index in [-0.39, 0.29) is 16.9 Å². The summed E-state index contributed by atoms with van der Waals surface area (Å²) in [4.78, 5) is 11.3. The lowest BCUT2D eigenvalue weighted by atomic mass is 10.0. The van der Waals surface area contributed by atoms with E-state index in [9.17, 15) is 13.6 Å². The first-order chi connectivity index (χ1) is 7.99. The van der Waals surface area contributed by atoms with Gasteiger partial charge in [-0.25, -0.2) is 4.79 Å². The maximum absolute atomic E-state index is 12.1. The number of nitriles is 1. The number of benzene rings is 1. The number of halogens is 2. The summed E-state index contributed by atoms with van der Waals surface area (Å²) in [6.07, 6.45) is 0. The van der Waals surface area contributed by atoms with Gasteiger partial charge in [0.05, 0.1) is 18.7 Å². The van der Waals surface area contributed by atoms with Crippen molar-refractivity contribution >= 4 is 5.97 Å². The molecule has 0 fully saturated rings. The molecule has 1 rings (SSSR count). The smallest absolute Gasteiger partial charge is 0.387 e. The van der Waals surface area contributed by atoms with E-state index in [0.717, 1.165) is 13.2 Å². The predicted octanol–water partition coefficient (Wildman–Crippen LogP) is 2.25. The fraction of sp³-hybridized carbons (Fsp3) is 0.273. The van der Waals surface area contributed by atoms with Gasteiger partial charge >= 0.3 is 12.6 Å². The quantitative estimate of drug-likeness (QED) is 0.761. The summed E-state index contributed by atoms with van der Waals surface area (Å²) in [5.74, 6) is -1.16. The zero-order chi connectivity index (χ0) is 13.0. The van der Waals surface area contributed by atoms with Crippen molar-refractivity contribution in [2.24, 2.45) is 0 Å². The van der Waals surface area contributed by atoms with Crippen molar-refractivity contribution in [3.05, 3.63) is 28.8 Å². The zero-order valence-electron chi connectivity index (χ0n) is 9.16. The first kappa shape index (κ1) is 12.9. The molecule has 0 aliphatic carbocycles. The Morgan fingerprint density at radius 2 is 2.12 bits per heavy atom. The fourth-order valence-corrected chi connectivity index (χ4v) is 1.27. The van der Waals surface area contributed by atoms with E-state index in [2.05, 4.69) is 9.47 Å². The summed E-state index contributed by atoms with van der Waals surface area (Å²) < 4.78 is 32.9. The van der Waals surface area contributed by atoms with Crippen LogP contribution < -0.4 is 4.74 Å². The predicted molar refractivity (Wildman–Crippen MR) is 53.9 cm³/mol. The largest absolute Gasteiger partial charge is 0.465 e. The number of alkyl halides is 2. The van der Waals surface area contributed by atoms with Gasteiger partial charge < -0.3 is 9.47 Å². The minimum Gasteiger partial charge on any atom is -0.465 e. The van der Waals surface area contributed by atoms with E-state index in [1.807, 2.05) is 6.07 Å². The minimum absolute atomic E-state index is 0.135. The Bertz CT molecular complexity index is 480. The van der Waals surface area contributed by atoms with E-state index in [1.165, 1.54) is 6.07 Å². The monoisotopic (exact) mass is 241 g/mol. The number of hydrogen-bond acceptors (Lipinski definition) is 4. The van der Waals surface area contributed by atoms with Crippen LogP contribution in [0.25, 0.3) is 0 Å². The second-order valence-corrected chi connectivity index (χ2v) is 3.15. The number of ether oxygens (including phenoxy) is 2. The van der Waals surface area contributed by atoms with Crippen molar-refractivity contribution in [3.63, 3.8) is 0 Å². The number of hydrogen-bond donors (Lipinski definition) is 0. The molecule has 4 nitrogen and oxygen atoms in total. The Morgan fingerprint density at radius 3 is 2.59 bits per heavy atom. The number of rotatable bonds is 3. The topological polar surface area (TPSA) is 59.3 Å². The number of nitrogens with zero attached hydrogens (tertiary/aromatic N) is 1. The lowest BCUT2D eigenvalue weighted by Crippen LogP contribution is -2.10. The lowest BCUT2D eigenvalue weighted by Gasteiger charge is -2.11. The molecule has 0 unspecified atom stereocenters. The molecule has 0 bridgehead atoms. The van der Waals surface area contributed by atoms with Crippen LogP contribution in [0.5, 0.6) is 5.75 Å². The second kappa shape index (κ2) is 5.25. The van der Waals surface area contributed by atoms with E-state index in [4.69, 9.17) is 5.26 Å². The molecule has 0 atom stereocenters. The summed E-state index contributed by atoms with van der Waals surface area (Å²) >= 11 is 0. The van der Waals surface area contributed by atoms with Gasteiger partial charge in [-0.2, -0.15) is 14.0 Å². The van der Waals surface area contributed by atoms with Gasteiger partial charge in [0.15, 0.2) is 0 Å². The van der Waals surface area contributed by atoms with Crippen molar-refractivity contribution in [1.29, 1.82) is 5.26 Å². The SMILES string of the molecule is COC(=O)c1cc(C)c(C#N)cc1OC(F)F. The Hall–Kier alpha value is -2.16.